The molecule has 1 saturated heterocycles. The number of anilines is 2. The number of hydrogen-bond acceptors (Lipinski definition) is 4. The Balaban J connectivity index is 1.42. The third-order valence-corrected chi connectivity index (χ3v) is 5.52. The van der Waals surface area contributed by atoms with Crippen LogP contribution in [0.2, 0.25) is 0 Å². The largest absolute Gasteiger partial charge is 0.455 e. The second-order valence-electron chi connectivity index (χ2n) is 7.76. The van der Waals surface area contributed by atoms with E-state index in [0.717, 1.165) is 27.3 Å². The normalized spacial score (nSPS) is 14.1. The zero-order chi connectivity index (χ0) is 24.7. The summed E-state index contributed by atoms with van der Waals surface area (Å²) in [7, 11) is 0. The maximum atomic E-state index is 13.1. The molecule has 1 aliphatic heterocycles. The van der Waals surface area contributed by atoms with Gasteiger partial charge in [0, 0.05) is 22.8 Å². The molecule has 0 bridgehead atoms. The number of carbonyl (C=O) groups excluding carboxylic acids is 2. The molecule has 0 radical (unpaired) electrons. The Morgan fingerprint density at radius 1 is 1.06 bits per heavy atom. The smallest absolute Gasteiger partial charge is 0.416 e. The first-order chi connectivity index (χ1) is 16.7. The van der Waals surface area contributed by atoms with Gasteiger partial charge in [-0.2, -0.15) is 13.2 Å². The molecule has 0 atom stereocenters. The molecule has 3 heterocycles. The van der Waals surface area contributed by atoms with Gasteiger partial charge in [0.25, 0.3) is 5.91 Å². The molecule has 0 spiro atoms. The predicted molar refractivity (Wildman–Crippen MR) is 124 cm³/mol. The number of benzene rings is 2. The molecule has 0 aliphatic carbocycles. The summed E-state index contributed by atoms with van der Waals surface area (Å²) in [5.74, 6) is 0.337. The van der Waals surface area contributed by atoms with Crippen molar-refractivity contribution in [3.63, 3.8) is 0 Å². The van der Waals surface area contributed by atoms with Gasteiger partial charge in [-0.05, 0) is 48.5 Å². The molecule has 5 rings (SSSR count). The number of rotatable bonds is 5. The fourth-order valence-electron chi connectivity index (χ4n) is 3.84. The lowest BCUT2D eigenvalue weighted by Crippen LogP contribution is -2.33. The molecule has 1 N–H and O–H groups in total. The van der Waals surface area contributed by atoms with Gasteiger partial charge in [0.15, 0.2) is 0 Å². The minimum atomic E-state index is -4.57. The third-order valence-electron chi connectivity index (χ3n) is 5.52. The number of ether oxygens (including phenoxy) is 1. The SMILES string of the molecule is C=Cc1cc(N2C(=O)CN(c3cccc(C(F)(F)F)c3)C2=O)ccc1Oc1cnc2[nH]ccc2c1. The Morgan fingerprint density at radius 3 is 2.66 bits per heavy atom. The molecule has 35 heavy (non-hydrogen) atoms. The zero-order valence-corrected chi connectivity index (χ0v) is 18.0. The number of halogens is 3. The van der Waals surface area contributed by atoms with Crippen LogP contribution >= 0.6 is 0 Å². The Kier molecular flexibility index (Phi) is 5.28. The molecular formula is C25H17F3N4O3. The molecule has 0 unspecified atom stereocenters. The van der Waals surface area contributed by atoms with Crippen molar-refractivity contribution in [2.45, 2.75) is 6.18 Å². The fourth-order valence-corrected chi connectivity index (χ4v) is 3.84. The number of hydrogen-bond donors (Lipinski definition) is 1. The topological polar surface area (TPSA) is 78.5 Å². The van der Waals surface area contributed by atoms with Crippen LogP contribution < -0.4 is 14.5 Å². The number of alkyl halides is 3. The van der Waals surface area contributed by atoms with Crippen LogP contribution in [0.5, 0.6) is 11.5 Å². The van der Waals surface area contributed by atoms with Crippen molar-refractivity contribution in [1.82, 2.24) is 9.97 Å². The molecule has 1 aliphatic rings. The fraction of sp³-hybridized carbons (Fsp3) is 0.0800. The predicted octanol–water partition coefficient (Wildman–Crippen LogP) is 5.99. The van der Waals surface area contributed by atoms with Crippen LogP contribution in [0, 0.1) is 0 Å². The number of imide groups is 1. The van der Waals surface area contributed by atoms with E-state index < -0.39 is 23.7 Å². The zero-order valence-electron chi connectivity index (χ0n) is 18.0. The summed E-state index contributed by atoms with van der Waals surface area (Å²) >= 11 is 0. The maximum Gasteiger partial charge on any atom is 0.416 e. The number of urea groups is 1. The summed E-state index contributed by atoms with van der Waals surface area (Å²) in [6.45, 7) is 3.39. The summed E-state index contributed by atoms with van der Waals surface area (Å²) in [5, 5.41) is 0.863. The van der Waals surface area contributed by atoms with Crippen LogP contribution in [-0.2, 0) is 11.0 Å². The van der Waals surface area contributed by atoms with E-state index in [1.54, 1.807) is 30.6 Å². The van der Waals surface area contributed by atoms with Gasteiger partial charge in [-0.3, -0.25) is 9.69 Å². The van der Waals surface area contributed by atoms with Crippen LogP contribution in [0.3, 0.4) is 0 Å². The minimum Gasteiger partial charge on any atom is -0.455 e. The van der Waals surface area contributed by atoms with E-state index in [-0.39, 0.29) is 17.9 Å². The summed E-state index contributed by atoms with van der Waals surface area (Å²) < 4.78 is 45.2. The Morgan fingerprint density at radius 2 is 1.89 bits per heavy atom. The second-order valence-corrected chi connectivity index (χ2v) is 7.76. The molecule has 176 valence electrons. The van der Waals surface area contributed by atoms with E-state index >= 15 is 0 Å². The van der Waals surface area contributed by atoms with Gasteiger partial charge >= 0.3 is 12.2 Å². The van der Waals surface area contributed by atoms with Crippen molar-refractivity contribution in [3.05, 3.63) is 84.7 Å². The highest BCUT2D eigenvalue weighted by atomic mass is 19.4. The average Bonchev–Trinajstić information content (AvgIpc) is 3.42. The highest BCUT2D eigenvalue weighted by molar-refractivity contribution is 6.27. The molecule has 7 nitrogen and oxygen atoms in total. The lowest BCUT2D eigenvalue weighted by atomic mass is 10.1. The van der Waals surface area contributed by atoms with Crippen molar-refractivity contribution in [3.8, 4) is 11.5 Å². The number of aromatic amines is 1. The van der Waals surface area contributed by atoms with Gasteiger partial charge < -0.3 is 9.72 Å². The van der Waals surface area contributed by atoms with Gasteiger partial charge in [0.2, 0.25) is 0 Å². The Hall–Kier alpha value is -4.60. The van der Waals surface area contributed by atoms with Gasteiger partial charge in [0.05, 0.1) is 17.4 Å². The average molecular weight is 478 g/mol. The molecule has 2 aromatic carbocycles. The lowest BCUT2D eigenvalue weighted by molar-refractivity contribution is -0.137. The number of nitrogens with zero attached hydrogens (tertiary/aromatic N) is 3. The first-order valence-electron chi connectivity index (χ1n) is 10.4. The van der Waals surface area contributed by atoms with Crippen molar-refractivity contribution in [2.24, 2.45) is 0 Å². The van der Waals surface area contributed by atoms with Gasteiger partial charge in [-0.1, -0.05) is 18.7 Å². The quantitative estimate of drug-likeness (QED) is 0.358. The lowest BCUT2D eigenvalue weighted by Gasteiger charge is -2.19. The number of fused-ring (bicyclic) bond motifs is 1. The highest BCUT2D eigenvalue weighted by Gasteiger charge is 2.39. The molecular weight excluding hydrogens is 461 g/mol. The van der Waals surface area contributed by atoms with E-state index in [0.29, 0.717) is 22.7 Å². The van der Waals surface area contributed by atoms with E-state index in [4.69, 9.17) is 4.74 Å². The second kappa shape index (κ2) is 8.32. The van der Waals surface area contributed by atoms with E-state index in [2.05, 4.69) is 16.5 Å². The molecule has 4 aromatic rings. The summed E-state index contributed by atoms with van der Waals surface area (Å²) in [6, 6.07) is 11.9. The van der Waals surface area contributed by atoms with E-state index in [1.807, 2.05) is 6.07 Å². The van der Waals surface area contributed by atoms with Gasteiger partial charge in [-0.25, -0.2) is 14.7 Å². The number of aromatic nitrogens is 2. The first kappa shape index (κ1) is 22.2. The van der Waals surface area contributed by atoms with Crippen LogP contribution in [0.25, 0.3) is 17.1 Å². The first-order valence-corrected chi connectivity index (χ1v) is 10.4. The number of H-pyrrole nitrogens is 1. The molecule has 10 heteroatoms. The van der Waals surface area contributed by atoms with Crippen molar-refractivity contribution >= 4 is 40.4 Å². The highest BCUT2D eigenvalue weighted by Crippen LogP contribution is 2.35. The van der Waals surface area contributed by atoms with Crippen LogP contribution in [0.15, 0.2) is 73.6 Å². The Bertz CT molecular complexity index is 1480. The number of amides is 3. The molecule has 3 amide bonds. The summed E-state index contributed by atoms with van der Waals surface area (Å²) in [5.41, 5.74) is 0.549. The monoisotopic (exact) mass is 478 g/mol. The molecule has 2 aromatic heterocycles. The molecule has 1 fully saturated rings. The van der Waals surface area contributed by atoms with Crippen molar-refractivity contribution in [1.29, 1.82) is 0 Å². The number of carbonyl (C=O) groups is 2. The summed E-state index contributed by atoms with van der Waals surface area (Å²) in [4.78, 5) is 34.9. The third kappa shape index (κ3) is 4.10. The number of pyridine rings is 1. The van der Waals surface area contributed by atoms with Gasteiger partial charge in [-0.15, -0.1) is 0 Å². The summed E-state index contributed by atoms with van der Waals surface area (Å²) in [6.07, 6.45) is 0.257. The standard InChI is InChI=1S/C25H17F3N4O3/c1-2-15-10-19(6-7-21(15)35-20-11-16-8-9-29-23(16)30-13-20)32-22(33)14-31(24(32)34)18-5-3-4-17(12-18)25(26,27)28/h2-13H,1,14H2,(H,29,30). The van der Waals surface area contributed by atoms with E-state index in [9.17, 15) is 22.8 Å². The maximum absolute atomic E-state index is 13.1. The van der Waals surface area contributed by atoms with Crippen LogP contribution in [-0.4, -0.2) is 28.5 Å². The minimum absolute atomic E-state index is 0.0165. The van der Waals surface area contributed by atoms with Crippen LogP contribution in [0.4, 0.5) is 29.3 Å². The van der Waals surface area contributed by atoms with Gasteiger partial charge in [0.1, 0.15) is 23.7 Å². The van der Waals surface area contributed by atoms with Crippen LogP contribution in [0.1, 0.15) is 11.1 Å². The van der Waals surface area contributed by atoms with Crippen molar-refractivity contribution in [2.75, 3.05) is 16.3 Å². The van der Waals surface area contributed by atoms with Crippen molar-refractivity contribution < 1.29 is 27.5 Å². The number of nitrogens with one attached hydrogen (secondary N) is 1. The Labute approximate surface area is 197 Å². The van der Waals surface area contributed by atoms with E-state index in [1.165, 1.54) is 24.3 Å². The molecule has 0 saturated carbocycles.